The van der Waals surface area contributed by atoms with Crippen molar-refractivity contribution in [3.8, 4) is 5.75 Å². The summed E-state index contributed by atoms with van der Waals surface area (Å²) in [6.45, 7) is 1.57. The first-order valence-electron chi connectivity index (χ1n) is 4.59. The highest BCUT2D eigenvalue weighted by molar-refractivity contribution is 9.09. The molecule has 1 aromatic carbocycles. The molecule has 0 aliphatic heterocycles. The van der Waals surface area contributed by atoms with E-state index in [1.807, 2.05) is 30.3 Å². The number of benzene rings is 1. The molecule has 0 N–H and O–H groups in total. The Bertz CT molecular complexity index is 366. The molecule has 0 aliphatic carbocycles. The molecule has 0 fully saturated rings. The minimum absolute atomic E-state index is 0.0858. The van der Waals surface area contributed by atoms with Crippen LogP contribution in [0.4, 0.5) is 0 Å². The molecular formula is C12H13BrO2. The van der Waals surface area contributed by atoms with Gasteiger partial charge >= 0.3 is 0 Å². The summed E-state index contributed by atoms with van der Waals surface area (Å²) in [5.41, 5.74) is 1.76. The van der Waals surface area contributed by atoms with E-state index in [2.05, 4.69) is 15.9 Å². The summed E-state index contributed by atoms with van der Waals surface area (Å²) in [5, 5.41) is 0.578. The number of methoxy groups -OCH3 is 1. The molecule has 0 radical (unpaired) electrons. The quantitative estimate of drug-likeness (QED) is 0.620. The second kappa shape index (κ2) is 5.71. The lowest BCUT2D eigenvalue weighted by atomic mass is 10.1. The fourth-order valence-electron chi connectivity index (χ4n) is 1.14. The fraction of sp³-hybridized carbons (Fsp3) is 0.250. The molecule has 0 heterocycles. The zero-order valence-corrected chi connectivity index (χ0v) is 10.4. The van der Waals surface area contributed by atoms with E-state index >= 15 is 0 Å². The normalized spacial score (nSPS) is 11.3. The van der Waals surface area contributed by atoms with Crippen LogP contribution in [0.1, 0.15) is 12.5 Å². The highest BCUT2D eigenvalue weighted by atomic mass is 79.9. The molecule has 0 aromatic heterocycles. The third-order valence-corrected chi connectivity index (χ3v) is 2.66. The summed E-state index contributed by atoms with van der Waals surface area (Å²) in [4.78, 5) is 11.2. The number of ketones is 1. The summed E-state index contributed by atoms with van der Waals surface area (Å²) < 4.78 is 5.05. The maximum absolute atomic E-state index is 11.2. The average molecular weight is 269 g/mol. The van der Waals surface area contributed by atoms with Gasteiger partial charge in [-0.25, -0.2) is 0 Å². The van der Waals surface area contributed by atoms with Gasteiger partial charge in [0.1, 0.15) is 5.75 Å². The number of Topliss-reactive ketones (excluding diaryl/α,β-unsaturated/α-hetero) is 1. The van der Waals surface area contributed by atoms with E-state index in [1.54, 1.807) is 14.0 Å². The monoisotopic (exact) mass is 268 g/mol. The van der Waals surface area contributed by atoms with Crippen LogP contribution in [0.25, 0.3) is 6.08 Å². The van der Waals surface area contributed by atoms with E-state index in [0.29, 0.717) is 5.33 Å². The Morgan fingerprint density at radius 1 is 1.40 bits per heavy atom. The van der Waals surface area contributed by atoms with Crippen LogP contribution >= 0.6 is 15.9 Å². The SMILES string of the molecule is COc1ccc(/C=C(\CBr)C(C)=O)cc1. The fourth-order valence-corrected chi connectivity index (χ4v) is 1.69. The molecule has 0 unspecified atom stereocenters. The van der Waals surface area contributed by atoms with Crippen molar-refractivity contribution in [3.63, 3.8) is 0 Å². The maximum Gasteiger partial charge on any atom is 0.156 e. The number of carbonyl (C=O) groups excluding carboxylic acids is 1. The summed E-state index contributed by atoms with van der Waals surface area (Å²) in [5.74, 6) is 0.901. The third kappa shape index (κ3) is 3.51. The number of hydrogen-bond donors (Lipinski definition) is 0. The van der Waals surface area contributed by atoms with Crippen LogP contribution in [0.15, 0.2) is 29.8 Å². The van der Waals surface area contributed by atoms with Gasteiger partial charge in [0.25, 0.3) is 0 Å². The summed E-state index contributed by atoms with van der Waals surface area (Å²) >= 11 is 3.29. The van der Waals surface area contributed by atoms with Crippen molar-refractivity contribution in [1.29, 1.82) is 0 Å². The first-order chi connectivity index (χ1) is 7.17. The van der Waals surface area contributed by atoms with E-state index in [1.165, 1.54) is 0 Å². The molecule has 1 aromatic rings. The molecule has 15 heavy (non-hydrogen) atoms. The van der Waals surface area contributed by atoms with Gasteiger partial charge in [0.2, 0.25) is 0 Å². The van der Waals surface area contributed by atoms with E-state index in [-0.39, 0.29) is 5.78 Å². The van der Waals surface area contributed by atoms with Crippen LogP contribution in [-0.4, -0.2) is 18.2 Å². The number of alkyl halides is 1. The minimum atomic E-state index is 0.0858. The number of carbonyl (C=O) groups is 1. The predicted molar refractivity (Wildman–Crippen MR) is 65.4 cm³/mol. The standard InChI is InChI=1S/C12H13BrO2/c1-9(14)11(8-13)7-10-3-5-12(15-2)6-4-10/h3-7H,8H2,1-2H3/b11-7+. The van der Waals surface area contributed by atoms with Gasteiger partial charge in [-0.2, -0.15) is 0 Å². The molecule has 0 aliphatic rings. The van der Waals surface area contributed by atoms with E-state index in [4.69, 9.17) is 4.74 Å². The maximum atomic E-state index is 11.2. The Kier molecular flexibility index (Phi) is 4.56. The molecule has 2 nitrogen and oxygen atoms in total. The zero-order chi connectivity index (χ0) is 11.3. The molecule has 80 valence electrons. The molecule has 0 amide bonds. The second-order valence-corrected chi connectivity index (χ2v) is 3.69. The molecule has 3 heteroatoms. The average Bonchev–Trinajstić information content (AvgIpc) is 2.26. The second-order valence-electron chi connectivity index (χ2n) is 3.13. The van der Waals surface area contributed by atoms with Gasteiger partial charge in [0.05, 0.1) is 7.11 Å². The van der Waals surface area contributed by atoms with Crippen molar-refractivity contribution >= 4 is 27.8 Å². The van der Waals surface area contributed by atoms with E-state index < -0.39 is 0 Å². The van der Waals surface area contributed by atoms with Gasteiger partial charge in [-0.3, -0.25) is 4.79 Å². The van der Waals surface area contributed by atoms with Crippen molar-refractivity contribution < 1.29 is 9.53 Å². The molecule has 0 saturated heterocycles. The smallest absolute Gasteiger partial charge is 0.156 e. The highest BCUT2D eigenvalue weighted by Gasteiger charge is 2.01. The van der Waals surface area contributed by atoms with Crippen molar-refractivity contribution in [1.82, 2.24) is 0 Å². The Morgan fingerprint density at radius 2 is 2.00 bits per heavy atom. The van der Waals surface area contributed by atoms with Gasteiger partial charge in [-0.1, -0.05) is 28.1 Å². The highest BCUT2D eigenvalue weighted by Crippen LogP contribution is 2.15. The number of rotatable bonds is 4. The summed E-state index contributed by atoms with van der Waals surface area (Å²) in [6.07, 6.45) is 1.87. The van der Waals surface area contributed by atoms with Crippen LogP contribution < -0.4 is 4.74 Å². The van der Waals surface area contributed by atoms with Gasteiger partial charge < -0.3 is 4.74 Å². The van der Waals surface area contributed by atoms with Crippen LogP contribution in [0.2, 0.25) is 0 Å². The predicted octanol–water partition coefficient (Wildman–Crippen LogP) is 3.06. The van der Waals surface area contributed by atoms with Gasteiger partial charge in [0.15, 0.2) is 5.78 Å². The summed E-state index contributed by atoms with van der Waals surface area (Å²) in [6, 6.07) is 7.59. The third-order valence-electron chi connectivity index (χ3n) is 2.05. The number of allylic oxidation sites excluding steroid dienone is 1. The largest absolute Gasteiger partial charge is 0.497 e. The topological polar surface area (TPSA) is 26.3 Å². The van der Waals surface area contributed by atoms with E-state index in [0.717, 1.165) is 16.9 Å². The lowest BCUT2D eigenvalue weighted by Crippen LogP contribution is -1.97. The van der Waals surface area contributed by atoms with E-state index in [9.17, 15) is 4.79 Å². The lowest BCUT2D eigenvalue weighted by molar-refractivity contribution is -0.113. The lowest BCUT2D eigenvalue weighted by Gasteiger charge is -2.01. The first-order valence-corrected chi connectivity index (χ1v) is 5.71. The Labute approximate surface area is 98.1 Å². The molecule has 0 spiro atoms. The molecular weight excluding hydrogens is 256 g/mol. The van der Waals surface area contributed by atoms with Gasteiger partial charge in [0, 0.05) is 10.9 Å². The van der Waals surface area contributed by atoms with Gasteiger partial charge in [-0.05, 0) is 30.7 Å². The number of halogens is 1. The molecule has 0 atom stereocenters. The van der Waals surface area contributed by atoms with Crippen LogP contribution in [0.5, 0.6) is 5.75 Å². The summed E-state index contributed by atoms with van der Waals surface area (Å²) in [7, 11) is 1.63. The molecule has 0 saturated carbocycles. The Balaban J connectivity index is 2.92. The van der Waals surface area contributed by atoms with Crippen molar-refractivity contribution in [3.05, 3.63) is 35.4 Å². The number of ether oxygens (including phenoxy) is 1. The van der Waals surface area contributed by atoms with Crippen molar-refractivity contribution in [2.45, 2.75) is 6.92 Å². The van der Waals surface area contributed by atoms with Crippen molar-refractivity contribution in [2.75, 3.05) is 12.4 Å². The first kappa shape index (κ1) is 12.0. The zero-order valence-electron chi connectivity index (χ0n) is 8.79. The Morgan fingerprint density at radius 3 is 2.40 bits per heavy atom. The van der Waals surface area contributed by atoms with Crippen LogP contribution in [0, 0.1) is 0 Å². The number of hydrogen-bond acceptors (Lipinski definition) is 2. The van der Waals surface area contributed by atoms with Crippen molar-refractivity contribution in [2.24, 2.45) is 0 Å². The molecule has 1 rings (SSSR count). The van der Waals surface area contributed by atoms with Gasteiger partial charge in [-0.15, -0.1) is 0 Å². The minimum Gasteiger partial charge on any atom is -0.497 e. The molecule has 0 bridgehead atoms. The van der Waals surface area contributed by atoms with Crippen LogP contribution in [0.3, 0.4) is 0 Å². The van der Waals surface area contributed by atoms with Crippen LogP contribution in [-0.2, 0) is 4.79 Å². The Hall–Kier alpha value is -1.09.